The normalized spacial score (nSPS) is 11.4. The molecule has 0 fully saturated rings. The monoisotopic (exact) mass is 484 g/mol. The zero-order chi connectivity index (χ0) is 24.2. The van der Waals surface area contributed by atoms with Crippen molar-refractivity contribution in [3.8, 4) is 0 Å². The summed E-state index contributed by atoms with van der Waals surface area (Å²) in [7, 11) is -4.31. The Balaban J connectivity index is 0. The fraction of sp³-hybridized carbons (Fsp3) is 1.00. The molecule has 0 atom stereocenters. The number of aliphatic hydroxyl groups excluding tert-OH is 2. The van der Waals surface area contributed by atoms with Crippen LogP contribution in [-0.4, -0.2) is 56.2 Å². The lowest BCUT2D eigenvalue weighted by atomic mass is 10.0. The van der Waals surface area contributed by atoms with Crippen molar-refractivity contribution in [2.24, 2.45) is 0 Å². The number of hydrogen-bond donors (Lipinski definition) is 3. The van der Waals surface area contributed by atoms with E-state index in [-0.39, 0.29) is 26.2 Å². The maximum absolute atomic E-state index is 9.76. The summed E-state index contributed by atoms with van der Waals surface area (Å²) >= 11 is 0. The van der Waals surface area contributed by atoms with Crippen LogP contribution in [0.15, 0.2) is 0 Å². The van der Waals surface area contributed by atoms with Crippen LogP contribution in [0.4, 0.5) is 0 Å². The summed E-state index contributed by atoms with van der Waals surface area (Å²) in [5, 5.41) is 16.7. The quantitative estimate of drug-likeness (QED) is 0.117. The van der Waals surface area contributed by atoms with Gasteiger partial charge in [-0.3, -0.25) is 4.55 Å². The van der Waals surface area contributed by atoms with Crippen molar-refractivity contribution in [2.75, 3.05) is 33.0 Å². The van der Waals surface area contributed by atoms with Gasteiger partial charge in [0.05, 0.1) is 6.61 Å². The van der Waals surface area contributed by atoms with Gasteiger partial charge in [-0.25, -0.2) is 4.18 Å². The summed E-state index contributed by atoms with van der Waals surface area (Å²) in [6.45, 7) is 3.78. The first kappa shape index (κ1) is 33.9. The van der Waals surface area contributed by atoms with Crippen molar-refractivity contribution in [2.45, 2.75) is 122 Å². The average Bonchev–Trinajstić information content (AvgIpc) is 2.75. The molecule has 3 N–H and O–H groups in total. The van der Waals surface area contributed by atoms with E-state index in [0.717, 1.165) is 19.6 Å². The Kier molecular flexibility index (Phi) is 30.5. The van der Waals surface area contributed by atoms with Gasteiger partial charge in [0.2, 0.25) is 0 Å². The molecule has 0 bridgehead atoms. The van der Waals surface area contributed by atoms with Crippen molar-refractivity contribution in [3.05, 3.63) is 0 Å². The molecule has 0 aromatic rings. The standard InChI is InChI=1S/C21H44O2.C3H8O5S/c1-2-3-4-5-6-7-8-9-10-11-12-13-14-15-16-17-20-23-21-18-19-22;4-2-1-3-8-9(5,6)7/h22H,2-21H2,1H3;4H,1-3H2,(H,5,6,7). The molecule has 0 aromatic heterocycles. The van der Waals surface area contributed by atoms with Gasteiger partial charge >= 0.3 is 10.4 Å². The van der Waals surface area contributed by atoms with E-state index in [1.54, 1.807) is 0 Å². The van der Waals surface area contributed by atoms with Crippen LogP contribution in [0.5, 0.6) is 0 Å². The van der Waals surface area contributed by atoms with Crippen LogP contribution in [0.25, 0.3) is 0 Å². The molecule has 0 radical (unpaired) electrons. The maximum atomic E-state index is 9.76. The minimum atomic E-state index is -4.31. The summed E-state index contributed by atoms with van der Waals surface area (Å²) in [5.41, 5.74) is 0. The fourth-order valence-electron chi connectivity index (χ4n) is 3.25. The van der Waals surface area contributed by atoms with Crippen LogP contribution in [0, 0.1) is 0 Å². The minimum Gasteiger partial charge on any atom is -0.396 e. The Bertz CT molecular complexity index is 410. The topological polar surface area (TPSA) is 113 Å². The average molecular weight is 485 g/mol. The molecule has 0 aliphatic heterocycles. The highest BCUT2D eigenvalue weighted by Crippen LogP contribution is 2.13. The molecule has 0 aliphatic rings. The Morgan fingerprint density at radius 1 is 0.531 bits per heavy atom. The molecule has 0 saturated heterocycles. The van der Waals surface area contributed by atoms with Gasteiger partial charge in [0.15, 0.2) is 0 Å². The van der Waals surface area contributed by atoms with Gasteiger partial charge < -0.3 is 14.9 Å². The lowest BCUT2D eigenvalue weighted by molar-refractivity contribution is 0.112. The Labute approximate surface area is 198 Å². The smallest absolute Gasteiger partial charge is 0.396 e. The summed E-state index contributed by atoms with van der Waals surface area (Å²) in [5.74, 6) is 0. The third-order valence-electron chi connectivity index (χ3n) is 5.12. The molecular formula is C24H52O7S. The number of unbranched alkanes of at least 4 members (excludes halogenated alkanes) is 15. The molecule has 0 saturated carbocycles. The van der Waals surface area contributed by atoms with Crippen LogP contribution in [0.1, 0.15) is 122 Å². The third-order valence-corrected chi connectivity index (χ3v) is 5.59. The van der Waals surface area contributed by atoms with Crippen LogP contribution in [0.2, 0.25) is 0 Å². The number of ether oxygens (including phenoxy) is 1. The first-order valence-corrected chi connectivity index (χ1v) is 14.3. The second kappa shape index (κ2) is 28.8. The van der Waals surface area contributed by atoms with Crippen LogP contribution >= 0.6 is 0 Å². The molecule has 0 amide bonds. The highest BCUT2D eigenvalue weighted by Gasteiger charge is 2.01. The van der Waals surface area contributed by atoms with Crippen LogP contribution < -0.4 is 0 Å². The predicted molar refractivity (Wildman–Crippen MR) is 131 cm³/mol. The molecule has 0 aliphatic carbocycles. The van der Waals surface area contributed by atoms with E-state index in [4.69, 9.17) is 19.5 Å². The van der Waals surface area contributed by atoms with Crippen molar-refractivity contribution in [3.63, 3.8) is 0 Å². The fourth-order valence-corrected chi connectivity index (χ4v) is 3.58. The largest absolute Gasteiger partial charge is 0.397 e. The minimum absolute atomic E-state index is 0.157. The Morgan fingerprint density at radius 3 is 1.25 bits per heavy atom. The molecule has 0 aromatic carbocycles. The lowest BCUT2D eigenvalue weighted by Gasteiger charge is -2.04. The van der Waals surface area contributed by atoms with Gasteiger partial charge in [0, 0.05) is 26.4 Å². The Morgan fingerprint density at radius 2 is 0.875 bits per heavy atom. The van der Waals surface area contributed by atoms with E-state index in [9.17, 15) is 8.42 Å². The molecule has 32 heavy (non-hydrogen) atoms. The number of rotatable bonds is 24. The summed E-state index contributed by atoms with van der Waals surface area (Å²) < 4.78 is 36.7. The highest BCUT2D eigenvalue weighted by atomic mass is 32.3. The van der Waals surface area contributed by atoms with Gasteiger partial charge in [-0.15, -0.1) is 0 Å². The van der Waals surface area contributed by atoms with Gasteiger partial charge in [0.1, 0.15) is 0 Å². The summed E-state index contributed by atoms with van der Waals surface area (Å²) in [4.78, 5) is 0. The first-order chi connectivity index (χ1) is 15.5. The van der Waals surface area contributed by atoms with E-state index in [1.807, 2.05) is 0 Å². The van der Waals surface area contributed by atoms with Gasteiger partial charge in [-0.1, -0.05) is 103 Å². The SMILES string of the molecule is CCCCCCCCCCCCCCCCCCOCCCO.O=S(=O)(O)OCCCO. The highest BCUT2D eigenvalue weighted by molar-refractivity contribution is 7.80. The van der Waals surface area contributed by atoms with E-state index in [1.165, 1.54) is 103 Å². The van der Waals surface area contributed by atoms with Gasteiger partial charge in [-0.05, 0) is 19.3 Å². The first-order valence-electron chi connectivity index (χ1n) is 12.9. The zero-order valence-corrected chi connectivity index (χ0v) is 21.5. The lowest BCUT2D eigenvalue weighted by Crippen LogP contribution is -2.05. The van der Waals surface area contributed by atoms with E-state index in [0.29, 0.717) is 0 Å². The van der Waals surface area contributed by atoms with E-state index >= 15 is 0 Å². The van der Waals surface area contributed by atoms with Gasteiger partial charge in [-0.2, -0.15) is 8.42 Å². The van der Waals surface area contributed by atoms with E-state index in [2.05, 4.69) is 11.1 Å². The van der Waals surface area contributed by atoms with Gasteiger partial charge in [0.25, 0.3) is 0 Å². The molecule has 0 spiro atoms. The predicted octanol–water partition coefficient (Wildman–Crippen LogP) is 5.84. The number of aliphatic hydroxyl groups is 2. The Hall–Kier alpha value is -0.250. The molecular weight excluding hydrogens is 432 g/mol. The summed E-state index contributed by atoms with van der Waals surface area (Å²) in [6, 6.07) is 0. The van der Waals surface area contributed by atoms with Crippen molar-refractivity contribution in [1.29, 1.82) is 0 Å². The third kappa shape index (κ3) is 37.1. The van der Waals surface area contributed by atoms with Crippen LogP contribution in [-0.2, 0) is 19.3 Å². The molecule has 0 heterocycles. The second-order valence-corrected chi connectivity index (χ2v) is 9.41. The molecule has 7 nitrogen and oxygen atoms in total. The van der Waals surface area contributed by atoms with Crippen molar-refractivity contribution in [1.82, 2.24) is 0 Å². The van der Waals surface area contributed by atoms with Crippen LogP contribution in [0.3, 0.4) is 0 Å². The number of hydrogen-bond acceptors (Lipinski definition) is 6. The molecule has 0 rings (SSSR count). The van der Waals surface area contributed by atoms with Crippen molar-refractivity contribution < 1.29 is 32.1 Å². The molecule has 196 valence electrons. The maximum Gasteiger partial charge on any atom is 0.397 e. The second-order valence-electron chi connectivity index (χ2n) is 8.32. The van der Waals surface area contributed by atoms with E-state index < -0.39 is 10.4 Å². The zero-order valence-electron chi connectivity index (χ0n) is 20.6. The molecule has 0 unspecified atom stereocenters. The molecule has 8 heteroatoms. The van der Waals surface area contributed by atoms with Crippen molar-refractivity contribution >= 4 is 10.4 Å². The summed E-state index contributed by atoms with van der Waals surface area (Å²) in [6.07, 6.45) is 23.5.